The van der Waals surface area contributed by atoms with Crippen LogP contribution in [-0.2, 0) is 11.3 Å². The van der Waals surface area contributed by atoms with Crippen molar-refractivity contribution in [3.63, 3.8) is 0 Å². The zero-order valence-corrected chi connectivity index (χ0v) is 16.2. The molecule has 2 rings (SSSR count). The summed E-state index contributed by atoms with van der Waals surface area (Å²) in [6.45, 7) is 5.14. The Bertz CT molecular complexity index is 783. The van der Waals surface area contributed by atoms with Gasteiger partial charge >= 0.3 is 5.97 Å². The van der Waals surface area contributed by atoms with Gasteiger partial charge in [0.15, 0.2) is 5.11 Å². The standard InChI is InChI=1S/C19H21ClN2O3S/c1-3-24-15-7-5-6-13(10-15)12-21-19(26)22-14-8-9-17(20)16(11-14)18(23)25-4-2/h5-11H,3-4,12H2,1-2H3,(H2,21,22,26). The van der Waals surface area contributed by atoms with Gasteiger partial charge in [0.1, 0.15) is 5.75 Å². The molecular weight excluding hydrogens is 372 g/mol. The highest BCUT2D eigenvalue weighted by Crippen LogP contribution is 2.21. The monoisotopic (exact) mass is 392 g/mol. The van der Waals surface area contributed by atoms with Gasteiger partial charge in [0, 0.05) is 12.2 Å². The van der Waals surface area contributed by atoms with Gasteiger partial charge in [0.25, 0.3) is 0 Å². The van der Waals surface area contributed by atoms with Crippen molar-refractivity contribution in [3.8, 4) is 5.75 Å². The fourth-order valence-electron chi connectivity index (χ4n) is 2.24. The molecule has 0 saturated carbocycles. The zero-order chi connectivity index (χ0) is 18.9. The van der Waals surface area contributed by atoms with Crippen LogP contribution in [0.5, 0.6) is 5.75 Å². The fourth-order valence-corrected chi connectivity index (χ4v) is 2.62. The topological polar surface area (TPSA) is 59.6 Å². The van der Waals surface area contributed by atoms with E-state index in [-0.39, 0.29) is 6.61 Å². The number of hydrogen-bond acceptors (Lipinski definition) is 4. The number of nitrogens with one attached hydrogen (secondary N) is 2. The Balaban J connectivity index is 1.96. The van der Waals surface area contributed by atoms with Crippen LogP contribution in [0.4, 0.5) is 5.69 Å². The molecule has 0 unspecified atom stereocenters. The maximum atomic E-state index is 11.9. The van der Waals surface area contributed by atoms with E-state index in [4.69, 9.17) is 33.3 Å². The molecule has 0 saturated heterocycles. The predicted octanol–water partition coefficient (Wildman–Crippen LogP) is 4.40. The number of benzene rings is 2. The molecule has 138 valence electrons. The quantitative estimate of drug-likeness (QED) is 0.538. The lowest BCUT2D eigenvalue weighted by atomic mass is 10.2. The van der Waals surface area contributed by atoms with Crippen LogP contribution in [0.15, 0.2) is 42.5 Å². The Morgan fingerprint density at radius 3 is 2.69 bits per heavy atom. The van der Waals surface area contributed by atoms with E-state index in [2.05, 4.69) is 10.6 Å². The molecular formula is C19H21ClN2O3S. The van der Waals surface area contributed by atoms with E-state index in [1.165, 1.54) is 0 Å². The summed E-state index contributed by atoms with van der Waals surface area (Å²) < 4.78 is 10.5. The van der Waals surface area contributed by atoms with Gasteiger partial charge in [-0.3, -0.25) is 0 Å². The molecule has 0 spiro atoms. The number of ether oxygens (including phenoxy) is 2. The Morgan fingerprint density at radius 1 is 1.15 bits per heavy atom. The predicted molar refractivity (Wildman–Crippen MR) is 108 cm³/mol. The van der Waals surface area contributed by atoms with Gasteiger partial charge in [-0.1, -0.05) is 23.7 Å². The second-order valence-corrected chi connectivity index (χ2v) is 6.12. The highest BCUT2D eigenvalue weighted by atomic mass is 35.5. The van der Waals surface area contributed by atoms with E-state index < -0.39 is 5.97 Å². The van der Waals surface area contributed by atoms with E-state index in [0.717, 1.165) is 11.3 Å². The summed E-state index contributed by atoms with van der Waals surface area (Å²) in [6.07, 6.45) is 0. The summed E-state index contributed by atoms with van der Waals surface area (Å²) in [7, 11) is 0. The van der Waals surface area contributed by atoms with Crippen molar-refractivity contribution in [1.82, 2.24) is 5.32 Å². The molecule has 2 aromatic carbocycles. The molecule has 0 aliphatic rings. The molecule has 0 aromatic heterocycles. The van der Waals surface area contributed by atoms with E-state index in [9.17, 15) is 4.79 Å². The molecule has 5 nitrogen and oxygen atoms in total. The van der Waals surface area contributed by atoms with Crippen molar-refractivity contribution in [2.75, 3.05) is 18.5 Å². The van der Waals surface area contributed by atoms with Crippen molar-refractivity contribution in [1.29, 1.82) is 0 Å². The maximum absolute atomic E-state index is 11.9. The summed E-state index contributed by atoms with van der Waals surface area (Å²) in [5.74, 6) is 0.357. The van der Waals surface area contributed by atoms with Gasteiger partial charge in [-0.25, -0.2) is 4.79 Å². The van der Waals surface area contributed by atoms with Crippen molar-refractivity contribution >= 4 is 40.6 Å². The number of thiocarbonyl (C=S) groups is 1. The molecule has 7 heteroatoms. The highest BCUT2D eigenvalue weighted by molar-refractivity contribution is 7.80. The van der Waals surface area contributed by atoms with Gasteiger partial charge < -0.3 is 20.1 Å². The molecule has 0 heterocycles. The zero-order valence-electron chi connectivity index (χ0n) is 14.7. The summed E-state index contributed by atoms with van der Waals surface area (Å²) in [5.41, 5.74) is 1.99. The van der Waals surface area contributed by atoms with Crippen LogP contribution < -0.4 is 15.4 Å². The van der Waals surface area contributed by atoms with Crippen molar-refractivity contribution in [2.24, 2.45) is 0 Å². The number of carbonyl (C=O) groups excluding carboxylic acids is 1. The molecule has 26 heavy (non-hydrogen) atoms. The van der Waals surface area contributed by atoms with E-state index in [1.807, 2.05) is 31.2 Å². The van der Waals surface area contributed by atoms with Gasteiger partial charge in [0.05, 0.1) is 23.8 Å². The third-order valence-corrected chi connectivity index (χ3v) is 3.96. The number of carbonyl (C=O) groups is 1. The molecule has 0 atom stereocenters. The molecule has 0 radical (unpaired) electrons. The van der Waals surface area contributed by atoms with Gasteiger partial charge in [-0.2, -0.15) is 0 Å². The second kappa shape index (κ2) is 9.99. The first-order valence-electron chi connectivity index (χ1n) is 8.26. The van der Waals surface area contributed by atoms with Gasteiger partial charge in [0.2, 0.25) is 0 Å². The van der Waals surface area contributed by atoms with Crippen LogP contribution in [0.3, 0.4) is 0 Å². The molecule has 0 aliphatic carbocycles. The molecule has 2 N–H and O–H groups in total. The van der Waals surface area contributed by atoms with Crippen molar-refractivity contribution < 1.29 is 14.3 Å². The minimum Gasteiger partial charge on any atom is -0.494 e. The van der Waals surface area contributed by atoms with E-state index >= 15 is 0 Å². The summed E-state index contributed by atoms with van der Waals surface area (Å²) >= 11 is 11.4. The average Bonchev–Trinajstić information content (AvgIpc) is 2.62. The average molecular weight is 393 g/mol. The number of halogens is 1. The molecule has 0 bridgehead atoms. The maximum Gasteiger partial charge on any atom is 0.339 e. The lowest BCUT2D eigenvalue weighted by molar-refractivity contribution is 0.0526. The van der Waals surface area contributed by atoms with Crippen LogP contribution in [0.1, 0.15) is 29.8 Å². The second-order valence-electron chi connectivity index (χ2n) is 5.30. The lowest BCUT2D eigenvalue weighted by Gasteiger charge is -2.13. The van der Waals surface area contributed by atoms with E-state index in [0.29, 0.717) is 34.5 Å². The SMILES string of the molecule is CCOC(=O)c1cc(NC(=S)NCc2cccc(OCC)c2)ccc1Cl. The Labute approximate surface area is 163 Å². The molecule has 0 aliphatic heterocycles. The summed E-state index contributed by atoms with van der Waals surface area (Å²) in [5, 5.41) is 6.93. The fraction of sp³-hybridized carbons (Fsp3) is 0.263. The number of hydrogen-bond donors (Lipinski definition) is 2. The third-order valence-electron chi connectivity index (χ3n) is 3.38. The van der Waals surface area contributed by atoms with Crippen molar-refractivity contribution in [3.05, 3.63) is 58.6 Å². The van der Waals surface area contributed by atoms with Crippen LogP contribution in [-0.4, -0.2) is 24.3 Å². The first kappa shape index (κ1) is 20.0. The molecule has 2 aromatic rings. The first-order chi connectivity index (χ1) is 12.5. The summed E-state index contributed by atoms with van der Waals surface area (Å²) in [4.78, 5) is 11.9. The van der Waals surface area contributed by atoms with Crippen LogP contribution >= 0.6 is 23.8 Å². The highest BCUT2D eigenvalue weighted by Gasteiger charge is 2.12. The lowest BCUT2D eigenvalue weighted by Crippen LogP contribution is -2.28. The van der Waals surface area contributed by atoms with Gasteiger partial charge in [-0.15, -0.1) is 0 Å². The van der Waals surface area contributed by atoms with Crippen LogP contribution in [0.2, 0.25) is 5.02 Å². The number of rotatable bonds is 7. The summed E-state index contributed by atoms with van der Waals surface area (Å²) in [6, 6.07) is 12.8. The minimum atomic E-state index is -0.465. The Morgan fingerprint density at radius 2 is 1.96 bits per heavy atom. The normalized spacial score (nSPS) is 10.1. The molecule has 0 amide bonds. The Hall–Kier alpha value is -2.31. The third kappa shape index (κ3) is 5.89. The first-order valence-corrected chi connectivity index (χ1v) is 9.05. The molecule has 0 fully saturated rings. The number of anilines is 1. The minimum absolute atomic E-state index is 0.285. The Kier molecular flexibility index (Phi) is 7.69. The van der Waals surface area contributed by atoms with E-state index in [1.54, 1.807) is 25.1 Å². The smallest absolute Gasteiger partial charge is 0.339 e. The van der Waals surface area contributed by atoms with Crippen LogP contribution in [0.25, 0.3) is 0 Å². The largest absolute Gasteiger partial charge is 0.494 e. The van der Waals surface area contributed by atoms with Crippen LogP contribution in [0, 0.1) is 0 Å². The van der Waals surface area contributed by atoms with Crippen molar-refractivity contribution in [2.45, 2.75) is 20.4 Å². The van der Waals surface area contributed by atoms with Gasteiger partial charge in [-0.05, 0) is 62.0 Å². The number of esters is 1.